The van der Waals surface area contributed by atoms with E-state index in [0.29, 0.717) is 23.7 Å². The minimum Gasteiger partial charge on any atom is -0.354 e. The van der Waals surface area contributed by atoms with E-state index in [1.807, 2.05) is 26.0 Å². The topological polar surface area (TPSA) is 67.2 Å². The smallest absolute Gasteiger partial charge is 0.272 e. The summed E-state index contributed by atoms with van der Waals surface area (Å²) < 4.78 is 1.55. The van der Waals surface area contributed by atoms with Crippen LogP contribution in [-0.2, 0) is 17.9 Å². The van der Waals surface area contributed by atoms with Crippen molar-refractivity contribution in [1.82, 2.24) is 19.8 Å². The molecule has 0 spiro atoms. The Balaban J connectivity index is 1.37. The molecule has 32 heavy (non-hydrogen) atoms. The minimum atomic E-state index is -0.207. The number of aromatic nitrogens is 2. The van der Waals surface area contributed by atoms with Gasteiger partial charge in [0.25, 0.3) is 5.56 Å². The summed E-state index contributed by atoms with van der Waals surface area (Å²) in [7, 11) is 0. The van der Waals surface area contributed by atoms with Crippen molar-refractivity contribution < 1.29 is 4.79 Å². The molecule has 1 atom stereocenters. The lowest BCUT2D eigenvalue weighted by atomic mass is 10.1. The van der Waals surface area contributed by atoms with Crippen molar-refractivity contribution in [3.8, 4) is 0 Å². The van der Waals surface area contributed by atoms with Crippen molar-refractivity contribution >= 4 is 16.9 Å². The summed E-state index contributed by atoms with van der Waals surface area (Å²) >= 11 is 0. The maximum absolute atomic E-state index is 12.7. The lowest BCUT2D eigenvalue weighted by Crippen LogP contribution is -2.36. The van der Waals surface area contributed by atoms with E-state index in [1.165, 1.54) is 11.1 Å². The minimum absolute atomic E-state index is 0.0149. The average Bonchev–Trinajstić information content (AvgIpc) is 3.20. The number of nitrogens with one attached hydrogen (secondary N) is 1. The molecule has 0 aliphatic carbocycles. The highest BCUT2D eigenvalue weighted by Crippen LogP contribution is 2.19. The molecule has 0 saturated carbocycles. The van der Waals surface area contributed by atoms with Crippen LogP contribution in [-0.4, -0.2) is 40.0 Å². The molecule has 6 heteroatoms. The molecule has 6 nitrogen and oxygen atoms in total. The van der Waals surface area contributed by atoms with Gasteiger partial charge < -0.3 is 5.32 Å². The summed E-state index contributed by atoms with van der Waals surface area (Å²) in [5, 5.41) is 3.06. The van der Waals surface area contributed by atoms with Gasteiger partial charge in [-0.15, -0.1) is 0 Å². The van der Waals surface area contributed by atoms with Crippen molar-refractivity contribution in [2.24, 2.45) is 5.92 Å². The Morgan fingerprint density at radius 2 is 1.81 bits per heavy atom. The van der Waals surface area contributed by atoms with Crippen LogP contribution in [0.5, 0.6) is 0 Å². The molecule has 1 unspecified atom stereocenters. The van der Waals surface area contributed by atoms with Crippen LogP contribution in [0.15, 0.2) is 41.2 Å². The Kier molecular flexibility index (Phi) is 6.42. The molecular weight excluding hydrogens is 400 g/mol. The van der Waals surface area contributed by atoms with Gasteiger partial charge in [-0.2, -0.15) is 0 Å². The molecule has 2 heterocycles. The molecule has 1 saturated heterocycles. The third kappa shape index (κ3) is 4.91. The van der Waals surface area contributed by atoms with Crippen molar-refractivity contribution in [3.05, 3.63) is 74.7 Å². The monoisotopic (exact) mass is 432 g/mol. The second kappa shape index (κ2) is 9.25. The van der Waals surface area contributed by atoms with E-state index >= 15 is 0 Å². The molecule has 1 fully saturated rings. The number of likely N-dealkylation sites (tertiary alicyclic amines) is 1. The zero-order chi connectivity index (χ0) is 22.8. The van der Waals surface area contributed by atoms with Crippen molar-refractivity contribution in [2.75, 3.05) is 19.6 Å². The first-order valence-corrected chi connectivity index (χ1v) is 11.3. The van der Waals surface area contributed by atoms with Crippen LogP contribution in [0.4, 0.5) is 0 Å². The standard InChI is InChI=1S/C26H32N4O2/c1-17-5-7-21(8-6-17)14-29-10-9-22(15-29)13-27-25(31)16-30-24-12-19(3)18(2)11-23(24)28-20(4)26(30)32/h5-8,11-12,22H,9-10,13-16H2,1-4H3,(H,27,31). The highest BCUT2D eigenvalue weighted by atomic mass is 16.2. The number of aryl methyl sites for hydroxylation is 4. The van der Waals surface area contributed by atoms with Crippen LogP contribution >= 0.6 is 0 Å². The SMILES string of the molecule is Cc1ccc(CN2CCC(CNC(=O)Cn3c(=O)c(C)nc4cc(C)c(C)cc43)C2)cc1. The molecule has 0 bridgehead atoms. The van der Waals surface area contributed by atoms with Gasteiger partial charge >= 0.3 is 0 Å². The Hall–Kier alpha value is -2.99. The zero-order valence-electron chi connectivity index (χ0n) is 19.4. The maximum Gasteiger partial charge on any atom is 0.272 e. The van der Waals surface area contributed by atoms with Gasteiger partial charge in [0.05, 0.1) is 11.0 Å². The number of rotatable bonds is 6. The van der Waals surface area contributed by atoms with Crippen LogP contribution in [0.25, 0.3) is 11.0 Å². The largest absolute Gasteiger partial charge is 0.354 e. The van der Waals surface area contributed by atoms with E-state index in [1.54, 1.807) is 11.5 Å². The fourth-order valence-electron chi connectivity index (χ4n) is 4.41. The van der Waals surface area contributed by atoms with Crippen LogP contribution < -0.4 is 10.9 Å². The highest BCUT2D eigenvalue weighted by molar-refractivity contribution is 5.81. The summed E-state index contributed by atoms with van der Waals surface area (Å²) in [6, 6.07) is 12.6. The summed E-state index contributed by atoms with van der Waals surface area (Å²) in [6.45, 7) is 11.5. The van der Waals surface area contributed by atoms with Crippen LogP contribution in [0.3, 0.4) is 0 Å². The molecule has 1 amide bonds. The van der Waals surface area contributed by atoms with Crippen molar-refractivity contribution in [2.45, 2.75) is 47.2 Å². The average molecular weight is 433 g/mol. The lowest BCUT2D eigenvalue weighted by Gasteiger charge is -2.17. The molecule has 3 aromatic rings. The molecule has 1 aromatic heterocycles. The zero-order valence-corrected chi connectivity index (χ0v) is 19.4. The van der Waals surface area contributed by atoms with Crippen molar-refractivity contribution in [3.63, 3.8) is 0 Å². The van der Waals surface area contributed by atoms with Gasteiger partial charge in [-0.05, 0) is 75.4 Å². The summed E-state index contributed by atoms with van der Waals surface area (Å²) in [4.78, 5) is 32.3. The Labute approximate surface area is 189 Å². The molecule has 168 valence electrons. The normalized spacial score (nSPS) is 16.6. The number of nitrogens with zero attached hydrogens (tertiary/aromatic N) is 3. The predicted octanol–water partition coefficient (Wildman–Crippen LogP) is 3.27. The maximum atomic E-state index is 12.7. The number of benzene rings is 2. The summed E-state index contributed by atoms with van der Waals surface area (Å²) in [5.74, 6) is 0.302. The second-order valence-corrected chi connectivity index (χ2v) is 9.19. The first kappa shape index (κ1) is 22.2. The molecule has 2 aromatic carbocycles. The summed E-state index contributed by atoms with van der Waals surface area (Å²) in [5.41, 5.74) is 6.47. The number of amides is 1. The molecule has 1 aliphatic heterocycles. The van der Waals surface area contributed by atoms with E-state index in [2.05, 4.69) is 46.4 Å². The molecule has 0 radical (unpaired) electrons. The lowest BCUT2D eigenvalue weighted by molar-refractivity contribution is -0.121. The van der Waals surface area contributed by atoms with Gasteiger partial charge in [-0.1, -0.05) is 29.8 Å². The van der Waals surface area contributed by atoms with Crippen LogP contribution in [0.1, 0.15) is 34.4 Å². The van der Waals surface area contributed by atoms with Crippen LogP contribution in [0.2, 0.25) is 0 Å². The van der Waals surface area contributed by atoms with Gasteiger partial charge in [-0.3, -0.25) is 19.1 Å². The Morgan fingerprint density at radius 3 is 2.56 bits per heavy atom. The van der Waals surface area contributed by atoms with Crippen LogP contribution in [0, 0.1) is 33.6 Å². The van der Waals surface area contributed by atoms with E-state index in [-0.39, 0.29) is 18.0 Å². The van der Waals surface area contributed by atoms with Gasteiger partial charge in [0.15, 0.2) is 0 Å². The first-order valence-electron chi connectivity index (χ1n) is 11.3. The number of fused-ring (bicyclic) bond motifs is 1. The van der Waals surface area contributed by atoms with Gasteiger partial charge in [0, 0.05) is 19.6 Å². The second-order valence-electron chi connectivity index (χ2n) is 9.19. The third-order valence-corrected chi connectivity index (χ3v) is 6.51. The van der Waals surface area contributed by atoms with E-state index in [9.17, 15) is 9.59 Å². The van der Waals surface area contributed by atoms with E-state index in [4.69, 9.17) is 0 Å². The van der Waals surface area contributed by atoms with Gasteiger partial charge in [-0.25, -0.2) is 4.98 Å². The van der Waals surface area contributed by atoms with E-state index < -0.39 is 0 Å². The fourth-order valence-corrected chi connectivity index (χ4v) is 4.41. The Morgan fingerprint density at radius 1 is 1.09 bits per heavy atom. The third-order valence-electron chi connectivity index (χ3n) is 6.51. The van der Waals surface area contributed by atoms with Gasteiger partial charge in [0.2, 0.25) is 5.91 Å². The highest BCUT2D eigenvalue weighted by Gasteiger charge is 2.23. The number of carbonyl (C=O) groups is 1. The molecular formula is C26H32N4O2. The predicted molar refractivity (Wildman–Crippen MR) is 128 cm³/mol. The Bertz CT molecular complexity index is 1200. The number of hydrogen-bond acceptors (Lipinski definition) is 4. The van der Waals surface area contributed by atoms with E-state index in [0.717, 1.165) is 42.7 Å². The number of hydrogen-bond donors (Lipinski definition) is 1. The molecule has 4 rings (SSSR count). The number of carbonyl (C=O) groups excluding carboxylic acids is 1. The quantitative estimate of drug-likeness (QED) is 0.649. The molecule has 1 aliphatic rings. The first-order chi connectivity index (χ1) is 15.3. The summed E-state index contributed by atoms with van der Waals surface area (Å²) in [6.07, 6.45) is 1.07. The van der Waals surface area contributed by atoms with Gasteiger partial charge in [0.1, 0.15) is 12.2 Å². The fraction of sp³-hybridized carbons (Fsp3) is 0.423. The molecule has 1 N–H and O–H groups in total. The van der Waals surface area contributed by atoms with Crippen molar-refractivity contribution in [1.29, 1.82) is 0 Å².